The average Bonchev–Trinajstić information content (AvgIpc) is 2.75. The van der Waals surface area contributed by atoms with Gasteiger partial charge in [-0.15, -0.1) is 0 Å². The zero-order chi connectivity index (χ0) is 20.9. The number of aryl methyl sites for hydroxylation is 1. The van der Waals surface area contributed by atoms with Gasteiger partial charge in [-0.1, -0.05) is 42.5 Å². The number of pyridine rings is 1. The number of rotatable bonds is 7. The van der Waals surface area contributed by atoms with Gasteiger partial charge < -0.3 is 15.2 Å². The number of aromatic nitrogens is 1. The molecule has 4 rings (SSSR count). The topological polar surface area (TPSA) is 77.7 Å². The second kappa shape index (κ2) is 8.86. The van der Waals surface area contributed by atoms with Crippen LogP contribution in [0.3, 0.4) is 0 Å². The number of hydrogen-bond donors (Lipinski definition) is 1. The van der Waals surface area contributed by atoms with Crippen LogP contribution in [0.1, 0.15) is 30.1 Å². The Balaban J connectivity index is 1.44. The first-order valence-corrected chi connectivity index (χ1v) is 10.1. The van der Waals surface area contributed by atoms with Crippen molar-refractivity contribution in [1.29, 1.82) is 0 Å². The van der Waals surface area contributed by atoms with E-state index in [4.69, 9.17) is 15.2 Å². The second-order valence-electron chi connectivity index (χ2n) is 7.33. The zero-order valence-corrected chi connectivity index (χ0v) is 17.0. The van der Waals surface area contributed by atoms with Crippen molar-refractivity contribution in [3.8, 4) is 11.5 Å². The van der Waals surface area contributed by atoms with Gasteiger partial charge in [0.15, 0.2) is 11.6 Å². The molecule has 2 heterocycles. The lowest BCUT2D eigenvalue weighted by atomic mass is 10.1. The van der Waals surface area contributed by atoms with Crippen LogP contribution in [0.2, 0.25) is 0 Å². The number of amides is 1. The smallest absolute Gasteiger partial charge is 0.274 e. The quantitative estimate of drug-likeness (QED) is 0.595. The van der Waals surface area contributed by atoms with Crippen LogP contribution < -0.4 is 20.1 Å². The summed E-state index contributed by atoms with van der Waals surface area (Å²) in [6.45, 7) is 3.14. The Morgan fingerprint density at radius 2 is 1.90 bits per heavy atom. The number of carbonyl (C=O) groups is 1. The summed E-state index contributed by atoms with van der Waals surface area (Å²) in [4.78, 5) is 19.2. The number of unbranched alkanes of at least 4 members (excludes halogenated alkanes) is 1. The van der Waals surface area contributed by atoms with E-state index in [1.807, 2.05) is 61.5 Å². The van der Waals surface area contributed by atoms with Gasteiger partial charge in [-0.2, -0.15) is 0 Å². The number of anilines is 2. The molecule has 1 aliphatic heterocycles. The third-order valence-electron chi connectivity index (χ3n) is 4.99. The molecule has 0 aliphatic carbocycles. The van der Waals surface area contributed by atoms with Gasteiger partial charge in [0.1, 0.15) is 11.6 Å². The fourth-order valence-corrected chi connectivity index (χ4v) is 3.48. The molecule has 0 fully saturated rings. The maximum absolute atomic E-state index is 13.2. The lowest BCUT2D eigenvalue weighted by molar-refractivity contribution is -0.126. The van der Waals surface area contributed by atoms with Crippen molar-refractivity contribution in [2.24, 2.45) is 0 Å². The van der Waals surface area contributed by atoms with Crippen LogP contribution in [-0.4, -0.2) is 24.0 Å². The van der Waals surface area contributed by atoms with Gasteiger partial charge in [-0.25, -0.2) is 4.98 Å². The number of nitrogens with two attached hydrogens (primary N) is 1. The Labute approximate surface area is 176 Å². The Morgan fingerprint density at radius 3 is 2.70 bits per heavy atom. The van der Waals surface area contributed by atoms with Crippen molar-refractivity contribution in [1.82, 2.24) is 4.98 Å². The molecule has 2 N–H and O–H groups in total. The Hall–Kier alpha value is -3.54. The molecule has 1 aliphatic rings. The number of hydrogen-bond acceptors (Lipinski definition) is 5. The van der Waals surface area contributed by atoms with Crippen molar-refractivity contribution >= 4 is 17.5 Å². The van der Waals surface area contributed by atoms with Gasteiger partial charge in [0.25, 0.3) is 5.91 Å². The van der Waals surface area contributed by atoms with E-state index in [0.717, 1.165) is 24.2 Å². The molecule has 154 valence electrons. The highest BCUT2D eigenvalue weighted by molar-refractivity contribution is 5.99. The minimum atomic E-state index is -0.687. The van der Waals surface area contributed by atoms with Crippen molar-refractivity contribution < 1.29 is 14.3 Å². The van der Waals surface area contributed by atoms with E-state index in [-0.39, 0.29) is 5.91 Å². The van der Waals surface area contributed by atoms with Crippen LogP contribution in [0.25, 0.3) is 0 Å². The lowest BCUT2D eigenvalue weighted by Crippen LogP contribution is -2.42. The van der Waals surface area contributed by atoms with Gasteiger partial charge in [-0.05, 0) is 49.6 Å². The lowest BCUT2D eigenvalue weighted by Gasteiger charge is -2.33. The molecule has 0 bridgehead atoms. The fraction of sp³-hybridized carbons (Fsp3) is 0.250. The van der Waals surface area contributed by atoms with Crippen LogP contribution >= 0.6 is 0 Å². The van der Waals surface area contributed by atoms with Gasteiger partial charge in [0, 0.05) is 12.1 Å². The first-order chi connectivity index (χ1) is 14.6. The summed E-state index contributed by atoms with van der Waals surface area (Å²) in [5, 5.41) is 0. The third kappa shape index (κ3) is 4.38. The zero-order valence-electron chi connectivity index (χ0n) is 17.0. The summed E-state index contributed by atoms with van der Waals surface area (Å²) in [6.07, 6.45) is 0.897. The molecule has 3 aromatic rings. The van der Waals surface area contributed by atoms with Gasteiger partial charge in [0.05, 0.1) is 6.61 Å². The van der Waals surface area contributed by atoms with E-state index in [1.54, 1.807) is 17.0 Å². The number of fused-ring (bicyclic) bond motifs is 1. The molecule has 1 aromatic heterocycles. The molecule has 1 amide bonds. The summed E-state index contributed by atoms with van der Waals surface area (Å²) in [7, 11) is 0. The first-order valence-electron chi connectivity index (χ1n) is 10.1. The Kier molecular flexibility index (Phi) is 5.84. The van der Waals surface area contributed by atoms with Gasteiger partial charge >= 0.3 is 0 Å². The molecular formula is C24H25N3O3. The molecule has 0 saturated carbocycles. The van der Waals surface area contributed by atoms with Crippen molar-refractivity contribution in [2.75, 3.05) is 23.8 Å². The van der Waals surface area contributed by atoms with E-state index in [1.165, 1.54) is 5.56 Å². The fourth-order valence-electron chi connectivity index (χ4n) is 3.48. The van der Waals surface area contributed by atoms with Crippen molar-refractivity contribution in [2.45, 2.75) is 25.9 Å². The monoisotopic (exact) mass is 403 g/mol. The second-order valence-corrected chi connectivity index (χ2v) is 7.33. The van der Waals surface area contributed by atoms with E-state index in [9.17, 15) is 4.79 Å². The van der Waals surface area contributed by atoms with Crippen molar-refractivity contribution in [3.05, 3.63) is 77.9 Å². The molecule has 6 heteroatoms. The molecule has 6 nitrogen and oxygen atoms in total. The number of nitrogens with zero attached hydrogens (tertiary/aromatic N) is 2. The van der Waals surface area contributed by atoms with Gasteiger partial charge in [-0.3, -0.25) is 9.69 Å². The number of ether oxygens (including phenoxy) is 2. The SMILES string of the molecule is Cc1cccc(OCCCCN2C(=O)C(c3ccccc3)Oc3ccc(N)nc32)c1. The largest absolute Gasteiger partial charge is 0.494 e. The minimum absolute atomic E-state index is 0.133. The van der Waals surface area contributed by atoms with Crippen LogP contribution in [0.5, 0.6) is 11.5 Å². The van der Waals surface area contributed by atoms with E-state index in [2.05, 4.69) is 4.98 Å². The maximum Gasteiger partial charge on any atom is 0.274 e. The number of nitrogen functional groups attached to an aromatic ring is 1. The van der Waals surface area contributed by atoms with Crippen LogP contribution in [0.4, 0.5) is 11.6 Å². The Morgan fingerprint density at radius 1 is 1.07 bits per heavy atom. The first kappa shape index (κ1) is 19.8. The highest BCUT2D eigenvalue weighted by Gasteiger charge is 2.36. The Bertz CT molecular complexity index is 1020. The highest BCUT2D eigenvalue weighted by atomic mass is 16.5. The molecule has 1 atom stereocenters. The van der Waals surface area contributed by atoms with E-state index >= 15 is 0 Å². The normalized spacial score (nSPS) is 15.4. The predicted octanol–water partition coefficient (Wildman–Crippen LogP) is 4.30. The molecule has 30 heavy (non-hydrogen) atoms. The van der Waals surface area contributed by atoms with Gasteiger partial charge in [0.2, 0.25) is 6.10 Å². The van der Waals surface area contributed by atoms with E-state index in [0.29, 0.717) is 30.5 Å². The summed E-state index contributed by atoms with van der Waals surface area (Å²) < 4.78 is 11.8. The minimum Gasteiger partial charge on any atom is -0.494 e. The van der Waals surface area contributed by atoms with Crippen LogP contribution in [0.15, 0.2) is 66.7 Å². The molecule has 0 saturated heterocycles. The van der Waals surface area contributed by atoms with Crippen molar-refractivity contribution in [3.63, 3.8) is 0 Å². The highest BCUT2D eigenvalue weighted by Crippen LogP contribution is 2.38. The summed E-state index contributed by atoms with van der Waals surface area (Å²) in [5.74, 6) is 2.13. The summed E-state index contributed by atoms with van der Waals surface area (Å²) >= 11 is 0. The average molecular weight is 403 g/mol. The molecule has 1 unspecified atom stereocenters. The van der Waals surface area contributed by atoms with Crippen LogP contribution in [-0.2, 0) is 4.79 Å². The molecule has 0 radical (unpaired) electrons. The summed E-state index contributed by atoms with van der Waals surface area (Å²) in [5.41, 5.74) is 7.85. The summed E-state index contributed by atoms with van der Waals surface area (Å²) in [6, 6.07) is 20.9. The number of benzene rings is 2. The van der Waals surface area contributed by atoms with Crippen LogP contribution in [0, 0.1) is 6.92 Å². The molecule has 0 spiro atoms. The molecular weight excluding hydrogens is 378 g/mol. The third-order valence-corrected chi connectivity index (χ3v) is 4.99. The molecule has 2 aromatic carbocycles. The standard InChI is InChI=1S/C24H25N3O3/c1-17-8-7-11-19(16-17)29-15-6-5-14-27-23-20(12-13-21(25)26-23)30-22(24(27)28)18-9-3-2-4-10-18/h2-4,7-13,16,22H,5-6,14-15H2,1H3,(H2,25,26). The predicted molar refractivity (Wildman–Crippen MR) is 117 cm³/mol. The maximum atomic E-state index is 13.2. The van der Waals surface area contributed by atoms with E-state index < -0.39 is 6.10 Å². The number of carbonyl (C=O) groups excluding carboxylic acids is 1.